The van der Waals surface area contributed by atoms with Crippen molar-refractivity contribution < 1.29 is 28.5 Å². The molecule has 0 bridgehead atoms. The Morgan fingerprint density at radius 1 is 1.11 bits per heavy atom. The molecule has 0 unspecified atom stereocenters. The van der Waals surface area contributed by atoms with Gasteiger partial charge in [0.05, 0.1) is 19.3 Å². The summed E-state index contributed by atoms with van der Waals surface area (Å²) in [6.45, 7) is 8.15. The van der Waals surface area contributed by atoms with Gasteiger partial charge < -0.3 is 29.2 Å². The van der Waals surface area contributed by atoms with Gasteiger partial charge in [0.15, 0.2) is 11.5 Å². The normalized spacial score (nSPS) is 16.6. The fourth-order valence-electron chi connectivity index (χ4n) is 3.00. The Balaban J connectivity index is 1.51. The highest BCUT2D eigenvalue weighted by molar-refractivity contribution is 5.94. The minimum Gasteiger partial charge on any atom is -0.494 e. The Hall–Kier alpha value is -2.68. The highest BCUT2D eigenvalue weighted by Crippen LogP contribution is 2.40. The predicted molar refractivity (Wildman–Crippen MR) is 102 cm³/mol. The molecule has 2 aliphatic heterocycles. The number of benzene rings is 1. The standard InChI is InChI=1S/C19H27N3O6/c1-19(2,3)28-18(24)22-7-5-21(6-8-22)11-17(23)20-13-9-15-16(27-12-26-15)10-14(13)25-4/h9-10H,5-8,11-12H2,1-4H3,(H,20,23). The van der Waals surface area contributed by atoms with E-state index in [2.05, 4.69) is 5.32 Å². The van der Waals surface area contributed by atoms with Crippen LogP contribution in [0.1, 0.15) is 20.8 Å². The molecule has 1 saturated heterocycles. The van der Waals surface area contributed by atoms with E-state index in [0.717, 1.165) is 0 Å². The van der Waals surface area contributed by atoms with E-state index in [-0.39, 0.29) is 25.3 Å². The number of piperazine rings is 1. The molecular weight excluding hydrogens is 366 g/mol. The van der Waals surface area contributed by atoms with Crippen molar-refractivity contribution >= 4 is 17.7 Å². The van der Waals surface area contributed by atoms with Crippen molar-refractivity contribution in [2.24, 2.45) is 0 Å². The van der Waals surface area contributed by atoms with E-state index < -0.39 is 5.60 Å². The first-order valence-corrected chi connectivity index (χ1v) is 9.23. The molecule has 9 nitrogen and oxygen atoms in total. The molecule has 3 rings (SSSR count). The van der Waals surface area contributed by atoms with Gasteiger partial charge in [0, 0.05) is 38.3 Å². The Kier molecular flexibility index (Phi) is 5.83. The van der Waals surface area contributed by atoms with Crippen molar-refractivity contribution in [2.45, 2.75) is 26.4 Å². The van der Waals surface area contributed by atoms with Gasteiger partial charge in [-0.05, 0) is 20.8 Å². The molecule has 0 saturated carbocycles. The number of hydrogen-bond donors (Lipinski definition) is 1. The second-order valence-electron chi connectivity index (χ2n) is 7.70. The summed E-state index contributed by atoms with van der Waals surface area (Å²) in [6, 6.07) is 3.39. The van der Waals surface area contributed by atoms with Crippen LogP contribution in [0.3, 0.4) is 0 Å². The van der Waals surface area contributed by atoms with Crippen LogP contribution in [0.4, 0.5) is 10.5 Å². The molecule has 0 aliphatic carbocycles. The summed E-state index contributed by atoms with van der Waals surface area (Å²) in [4.78, 5) is 28.2. The van der Waals surface area contributed by atoms with Crippen molar-refractivity contribution in [2.75, 3.05) is 51.9 Å². The second kappa shape index (κ2) is 8.14. The fourth-order valence-corrected chi connectivity index (χ4v) is 3.00. The maximum atomic E-state index is 12.5. The molecule has 1 aromatic rings. The fraction of sp³-hybridized carbons (Fsp3) is 0.579. The summed E-state index contributed by atoms with van der Waals surface area (Å²) in [5.41, 5.74) is 0.0155. The summed E-state index contributed by atoms with van der Waals surface area (Å²) in [6.07, 6.45) is -0.318. The largest absolute Gasteiger partial charge is 0.494 e. The molecule has 0 spiro atoms. The third kappa shape index (κ3) is 4.98. The number of fused-ring (bicyclic) bond motifs is 1. The molecule has 1 N–H and O–H groups in total. The predicted octanol–water partition coefficient (Wildman–Crippen LogP) is 1.92. The van der Waals surface area contributed by atoms with Crippen LogP contribution >= 0.6 is 0 Å². The van der Waals surface area contributed by atoms with Crippen LogP contribution in [0.15, 0.2) is 12.1 Å². The second-order valence-corrected chi connectivity index (χ2v) is 7.70. The molecule has 2 aliphatic rings. The molecule has 1 aromatic carbocycles. The lowest BCUT2D eigenvalue weighted by atomic mass is 10.2. The van der Waals surface area contributed by atoms with Gasteiger partial charge in [-0.1, -0.05) is 0 Å². The minimum absolute atomic E-state index is 0.151. The third-order valence-electron chi connectivity index (χ3n) is 4.36. The van der Waals surface area contributed by atoms with Crippen LogP contribution in [0.2, 0.25) is 0 Å². The zero-order valence-corrected chi connectivity index (χ0v) is 16.7. The summed E-state index contributed by atoms with van der Waals surface area (Å²) in [7, 11) is 1.53. The molecule has 9 heteroatoms. The van der Waals surface area contributed by atoms with Gasteiger partial charge in [-0.3, -0.25) is 9.69 Å². The van der Waals surface area contributed by atoms with Gasteiger partial charge in [-0.15, -0.1) is 0 Å². The van der Waals surface area contributed by atoms with Crippen molar-refractivity contribution in [3.63, 3.8) is 0 Å². The highest BCUT2D eigenvalue weighted by Gasteiger charge is 2.27. The maximum Gasteiger partial charge on any atom is 0.410 e. The lowest BCUT2D eigenvalue weighted by molar-refractivity contribution is -0.117. The molecule has 2 heterocycles. The number of amides is 2. The van der Waals surface area contributed by atoms with E-state index in [9.17, 15) is 9.59 Å². The van der Waals surface area contributed by atoms with Gasteiger partial charge in [-0.25, -0.2) is 4.79 Å². The van der Waals surface area contributed by atoms with Crippen LogP contribution in [0.5, 0.6) is 17.2 Å². The molecule has 154 valence electrons. The van der Waals surface area contributed by atoms with E-state index in [1.807, 2.05) is 25.7 Å². The third-order valence-corrected chi connectivity index (χ3v) is 4.36. The summed E-state index contributed by atoms with van der Waals surface area (Å²) >= 11 is 0. The molecule has 0 aromatic heterocycles. The minimum atomic E-state index is -0.516. The van der Waals surface area contributed by atoms with E-state index in [4.69, 9.17) is 18.9 Å². The van der Waals surface area contributed by atoms with Gasteiger partial charge in [-0.2, -0.15) is 0 Å². The number of methoxy groups -OCH3 is 1. The number of ether oxygens (including phenoxy) is 4. The molecule has 0 atom stereocenters. The zero-order chi connectivity index (χ0) is 20.3. The van der Waals surface area contributed by atoms with E-state index in [1.165, 1.54) is 7.11 Å². The van der Waals surface area contributed by atoms with Crippen LogP contribution in [0.25, 0.3) is 0 Å². The van der Waals surface area contributed by atoms with Crippen molar-refractivity contribution in [3.05, 3.63) is 12.1 Å². The number of rotatable bonds is 4. The van der Waals surface area contributed by atoms with Gasteiger partial charge in [0.1, 0.15) is 11.4 Å². The molecule has 1 fully saturated rings. The van der Waals surface area contributed by atoms with Gasteiger partial charge >= 0.3 is 6.09 Å². The first-order chi connectivity index (χ1) is 13.2. The van der Waals surface area contributed by atoms with Crippen molar-refractivity contribution in [1.29, 1.82) is 0 Å². The Morgan fingerprint density at radius 3 is 2.36 bits per heavy atom. The lowest BCUT2D eigenvalue weighted by Gasteiger charge is -2.35. The number of anilines is 1. The Labute approximate surface area is 164 Å². The van der Waals surface area contributed by atoms with Crippen LogP contribution in [-0.2, 0) is 9.53 Å². The Morgan fingerprint density at radius 2 is 1.75 bits per heavy atom. The van der Waals surface area contributed by atoms with Gasteiger partial charge in [0.25, 0.3) is 0 Å². The first kappa shape index (κ1) is 20.1. The average Bonchev–Trinajstić information content (AvgIpc) is 3.07. The Bertz CT molecular complexity index is 738. The van der Waals surface area contributed by atoms with E-state index in [0.29, 0.717) is 49.1 Å². The quantitative estimate of drug-likeness (QED) is 0.836. The number of nitrogens with one attached hydrogen (secondary N) is 1. The zero-order valence-electron chi connectivity index (χ0n) is 16.7. The number of carbonyl (C=O) groups excluding carboxylic acids is 2. The number of hydrogen-bond acceptors (Lipinski definition) is 7. The molecule has 0 radical (unpaired) electrons. The number of nitrogens with zero attached hydrogens (tertiary/aromatic N) is 2. The summed E-state index contributed by atoms with van der Waals surface area (Å²) < 4.78 is 21.4. The molecule has 2 amide bonds. The first-order valence-electron chi connectivity index (χ1n) is 9.23. The maximum absolute atomic E-state index is 12.5. The van der Waals surface area contributed by atoms with E-state index >= 15 is 0 Å². The van der Waals surface area contributed by atoms with Crippen LogP contribution in [-0.4, -0.2) is 74.0 Å². The number of carbonyl (C=O) groups is 2. The SMILES string of the molecule is COc1cc2c(cc1NC(=O)CN1CCN(C(=O)OC(C)(C)C)CC1)OCO2. The van der Waals surface area contributed by atoms with Crippen LogP contribution in [0, 0.1) is 0 Å². The van der Waals surface area contributed by atoms with Crippen molar-refractivity contribution in [3.8, 4) is 17.2 Å². The smallest absolute Gasteiger partial charge is 0.410 e. The summed E-state index contributed by atoms with van der Waals surface area (Å²) in [5, 5.41) is 2.86. The monoisotopic (exact) mass is 393 g/mol. The average molecular weight is 393 g/mol. The topological polar surface area (TPSA) is 89.6 Å². The highest BCUT2D eigenvalue weighted by atomic mass is 16.7. The lowest BCUT2D eigenvalue weighted by Crippen LogP contribution is -2.51. The molecule has 28 heavy (non-hydrogen) atoms. The summed E-state index contributed by atoms with van der Waals surface area (Å²) in [5.74, 6) is 1.51. The van der Waals surface area contributed by atoms with Crippen molar-refractivity contribution in [1.82, 2.24) is 9.80 Å². The van der Waals surface area contributed by atoms with Gasteiger partial charge in [0.2, 0.25) is 12.7 Å². The molecular formula is C19H27N3O6. The van der Waals surface area contributed by atoms with E-state index in [1.54, 1.807) is 17.0 Å². The van der Waals surface area contributed by atoms with Crippen LogP contribution < -0.4 is 19.5 Å².